The quantitative estimate of drug-likeness (QED) is 0.585. The summed E-state index contributed by atoms with van der Waals surface area (Å²) in [6, 6.07) is 2.91. The van der Waals surface area contributed by atoms with Gasteiger partial charge in [0.15, 0.2) is 16.9 Å². The van der Waals surface area contributed by atoms with Gasteiger partial charge in [-0.2, -0.15) is 0 Å². The third-order valence-electron chi connectivity index (χ3n) is 3.61. The van der Waals surface area contributed by atoms with Crippen molar-refractivity contribution in [2.24, 2.45) is 0 Å². The molecule has 1 heterocycles. The molecular weight excluding hydrogens is 328 g/mol. The number of hydrogen-bond donors (Lipinski definition) is 0. The van der Waals surface area contributed by atoms with Crippen molar-refractivity contribution >= 4 is 22.9 Å². The van der Waals surface area contributed by atoms with Crippen molar-refractivity contribution in [2.75, 3.05) is 13.7 Å². The molecule has 0 amide bonds. The van der Waals surface area contributed by atoms with Crippen molar-refractivity contribution in [3.63, 3.8) is 0 Å². The van der Waals surface area contributed by atoms with Crippen LogP contribution in [0.4, 0.5) is 0 Å². The molecule has 0 aliphatic carbocycles. The Balaban J connectivity index is 2.48. The topological polar surface area (TPSA) is 92.0 Å². The van der Waals surface area contributed by atoms with Crippen LogP contribution in [-0.2, 0) is 20.7 Å². The van der Waals surface area contributed by atoms with Gasteiger partial charge in [-0.3, -0.25) is 14.4 Å². The van der Waals surface area contributed by atoms with Gasteiger partial charge in [0.05, 0.1) is 19.1 Å². The molecule has 0 saturated carbocycles. The number of carbonyl (C=O) groups excluding carboxylic acids is 2. The van der Waals surface area contributed by atoms with Crippen LogP contribution in [0, 0.1) is 6.92 Å². The van der Waals surface area contributed by atoms with Gasteiger partial charge in [-0.15, -0.1) is 0 Å². The van der Waals surface area contributed by atoms with Crippen LogP contribution in [0.25, 0.3) is 11.0 Å². The average molecular weight is 348 g/mol. The molecule has 0 bridgehead atoms. The van der Waals surface area contributed by atoms with E-state index >= 15 is 0 Å². The number of fused-ring (bicyclic) bond motifs is 1. The maximum atomic E-state index is 12.7. The molecule has 0 atom stereocenters. The largest absolute Gasteiger partial charge is 0.493 e. The lowest BCUT2D eigenvalue weighted by atomic mass is 10.1. The van der Waals surface area contributed by atoms with Crippen molar-refractivity contribution in [1.82, 2.24) is 0 Å². The van der Waals surface area contributed by atoms with E-state index in [1.54, 1.807) is 13.8 Å². The highest BCUT2D eigenvalue weighted by Crippen LogP contribution is 2.32. The van der Waals surface area contributed by atoms with E-state index in [9.17, 15) is 14.4 Å². The molecule has 1 aromatic carbocycles. The number of carbonyl (C=O) groups is 2. The fourth-order valence-electron chi connectivity index (χ4n) is 2.50. The summed E-state index contributed by atoms with van der Waals surface area (Å²) < 4.78 is 20.8. The van der Waals surface area contributed by atoms with Crippen molar-refractivity contribution in [3.05, 3.63) is 33.7 Å². The summed E-state index contributed by atoms with van der Waals surface area (Å²) in [6.45, 7) is 4.93. The monoisotopic (exact) mass is 348 g/mol. The van der Waals surface area contributed by atoms with E-state index < -0.39 is 5.97 Å². The Bertz CT molecular complexity index is 864. The minimum absolute atomic E-state index is 0.0909. The van der Waals surface area contributed by atoms with Gasteiger partial charge in [-0.25, -0.2) is 0 Å². The molecule has 2 rings (SSSR count). The molecule has 0 N–H and O–H groups in total. The van der Waals surface area contributed by atoms with Gasteiger partial charge >= 0.3 is 11.9 Å². The van der Waals surface area contributed by atoms with Crippen LogP contribution in [0.3, 0.4) is 0 Å². The lowest BCUT2D eigenvalue weighted by molar-refractivity contribution is -0.143. The van der Waals surface area contributed by atoms with Gasteiger partial charge in [-0.05, 0) is 26.3 Å². The molecule has 7 nitrogen and oxygen atoms in total. The molecule has 0 aliphatic rings. The molecule has 0 unspecified atom stereocenters. The highest BCUT2D eigenvalue weighted by Gasteiger charge is 2.17. The Morgan fingerprint density at radius 2 is 1.92 bits per heavy atom. The average Bonchev–Trinajstić information content (AvgIpc) is 2.54. The van der Waals surface area contributed by atoms with Gasteiger partial charge in [0, 0.05) is 25.0 Å². The Labute approximate surface area is 144 Å². The van der Waals surface area contributed by atoms with E-state index in [1.165, 1.54) is 26.2 Å². The van der Waals surface area contributed by atoms with Gasteiger partial charge in [-0.1, -0.05) is 0 Å². The first-order chi connectivity index (χ1) is 11.9. The zero-order valence-corrected chi connectivity index (χ0v) is 14.6. The van der Waals surface area contributed by atoms with Gasteiger partial charge in [0.2, 0.25) is 0 Å². The normalized spacial score (nSPS) is 10.6. The van der Waals surface area contributed by atoms with Crippen LogP contribution < -0.4 is 14.9 Å². The molecule has 2 aromatic rings. The number of esters is 2. The Hall–Kier alpha value is -2.83. The van der Waals surface area contributed by atoms with Crippen LogP contribution in [0.1, 0.15) is 31.6 Å². The molecular formula is C18H20O7. The highest BCUT2D eigenvalue weighted by atomic mass is 16.6. The number of benzene rings is 1. The lowest BCUT2D eigenvalue weighted by Gasteiger charge is -2.11. The van der Waals surface area contributed by atoms with Crippen LogP contribution in [0.15, 0.2) is 21.3 Å². The summed E-state index contributed by atoms with van der Waals surface area (Å²) in [5.41, 5.74) is 0.429. The highest BCUT2D eigenvalue weighted by molar-refractivity contribution is 5.83. The van der Waals surface area contributed by atoms with Gasteiger partial charge in [0.1, 0.15) is 11.3 Å². The predicted molar refractivity (Wildman–Crippen MR) is 90.0 cm³/mol. The maximum absolute atomic E-state index is 12.7. The lowest BCUT2D eigenvalue weighted by Crippen LogP contribution is -2.15. The number of rotatable bonds is 6. The van der Waals surface area contributed by atoms with Crippen molar-refractivity contribution < 1.29 is 28.2 Å². The smallest absolute Gasteiger partial charge is 0.308 e. The van der Waals surface area contributed by atoms with E-state index in [-0.39, 0.29) is 46.7 Å². The standard InChI is InChI=1S/C18H20O7/c1-5-23-17(20)7-6-12-10(2)24-14-9-16(25-11(3)19)15(22-4)8-13(14)18(12)21/h8-9H,5-7H2,1-4H3. The summed E-state index contributed by atoms with van der Waals surface area (Å²) in [4.78, 5) is 35.5. The van der Waals surface area contributed by atoms with Crippen LogP contribution in [0.5, 0.6) is 11.5 Å². The molecule has 0 saturated heterocycles. The number of aryl methyl sites for hydroxylation is 1. The van der Waals surface area contributed by atoms with E-state index in [2.05, 4.69) is 0 Å². The molecule has 1 aromatic heterocycles. The third-order valence-corrected chi connectivity index (χ3v) is 3.61. The molecule has 25 heavy (non-hydrogen) atoms. The van der Waals surface area contributed by atoms with Crippen LogP contribution >= 0.6 is 0 Å². The van der Waals surface area contributed by atoms with Crippen molar-refractivity contribution in [2.45, 2.75) is 33.6 Å². The molecule has 0 radical (unpaired) electrons. The first kappa shape index (κ1) is 18.5. The van der Waals surface area contributed by atoms with Crippen LogP contribution in [-0.4, -0.2) is 25.7 Å². The summed E-state index contributed by atoms with van der Waals surface area (Å²) >= 11 is 0. The second-order valence-corrected chi connectivity index (χ2v) is 5.36. The van der Waals surface area contributed by atoms with Crippen LogP contribution in [0.2, 0.25) is 0 Å². The summed E-state index contributed by atoms with van der Waals surface area (Å²) in [7, 11) is 1.41. The fourth-order valence-corrected chi connectivity index (χ4v) is 2.50. The zero-order valence-electron chi connectivity index (χ0n) is 14.6. The Kier molecular flexibility index (Phi) is 5.80. The summed E-state index contributed by atoms with van der Waals surface area (Å²) in [5.74, 6) is -0.0628. The fraction of sp³-hybridized carbons (Fsp3) is 0.389. The first-order valence-corrected chi connectivity index (χ1v) is 7.85. The van der Waals surface area contributed by atoms with E-state index in [0.29, 0.717) is 17.9 Å². The molecule has 0 fully saturated rings. The van der Waals surface area contributed by atoms with Crippen molar-refractivity contribution in [3.8, 4) is 11.5 Å². The van der Waals surface area contributed by atoms with Gasteiger partial charge in [0.25, 0.3) is 0 Å². The first-order valence-electron chi connectivity index (χ1n) is 7.85. The minimum Gasteiger partial charge on any atom is -0.493 e. The molecule has 134 valence electrons. The summed E-state index contributed by atoms with van der Waals surface area (Å²) in [5, 5.41) is 0.289. The Morgan fingerprint density at radius 1 is 1.20 bits per heavy atom. The van der Waals surface area contributed by atoms with E-state index in [4.69, 9.17) is 18.6 Å². The SMILES string of the molecule is CCOC(=O)CCc1c(C)oc2cc(OC(C)=O)c(OC)cc2c1=O. The molecule has 0 aliphatic heterocycles. The molecule has 7 heteroatoms. The van der Waals surface area contributed by atoms with E-state index in [0.717, 1.165) is 0 Å². The van der Waals surface area contributed by atoms with Crippen molar-refractivity contribution in [1.29, 1.82) is 0 Å². The summed E-state index contributed by atoms with van der Waals surface area (Å²) in [6.07, 6.45) is 0.310. The predicted octanol–water partition coefficient (Wildman–Crippen LogP) is 2.53. The second kappa shape index (κ2) is 7.83. The minimum atomic E-state index is -0.511. The third kappa shape index (κ3) is 4.17. The number of methoxy groups -OCH3 is 1. The molecule has 0 spiro atoms. The zero-order chi connectivity index (χ0) is 18.6. The Morgan fingerprint density at radius 3 is 2.52 bits per heavy atom. The second-order valence-electron chi connectivity index (χ2n) is 5.36. The van der Waals surface area contributed by atoms with Gasteiger partial charge < -0.3 is 18.6 Å². The number of hydrogen-bond acceptors (Lipinski definition) is 7. The maximum Gasteiger partial charge on any atom is 0.308 e. The van der Waals surface area contributed by atoms with E-state index in [1.807, 2.05) is 0 Å². The number of ether oxygens (including phenoxy) is 3.